The van der Waals surface area contributed by atoms with E-state index in [1.807, 2.05) is 33.8 Å². The largest absolute Gasteiger partial charge is 0.481 e. The molecule has 8 nitrogen and oxygen atoms in total. The summed E-state index contributed by atoms with van der Waals surface area (Å²) in [6, 6.07) is 4.59. The van der Waals surface area contributed by atoms with Crippen LogP contribution in [0.25, 0.3) is 43.9 Å². The van der Waals surface area contributed by atoms with Crippen LogP contribution in [0.15, 0.2) is 79.0 Å². The van der Waals surface area contributed by atoms with Crippen molar-refractivity contribution in [1.29, 1.82) is 0 Å². The van der Waals surface area contributed by atoms with Crippen molar-refractivity contribution in [2.24, 2.45) is 0 Å². The average Bonchev–Trinajstić information content (AvgIpc) is 3.08. The van der Waals surface area contributed by atoms with Gasteiger partial charge in [0.15, 0.2) is 0 Å². The van der Waals surface area contributed by atoms with Crippen molar-refractivity contribution in [2.45, 2.75) is 54.3 Å². The molecule has 0 atom stereocenters. The van der Waals surface area contributed by atoms with E-state index in [-0.39, 0.29) is 17.4 Å². The lowest BCUT2D eigenvalue weighted by Crippen LogP contribution is -2.06. The minimum absolute atomic E-state index is 0.124. The highest BCUT2D eigenvalue weighted by Gasteiger charge is 2.16. The van der Waals surface area contributed by atoms with Gasteiger partial charge in [0.2, 0.25) is 10.9 Å². The predicted octanol–water partition coefficient (Wildman–Crippen LogP) is 7.41. The third-order valence-electron chi connectivity index (χ3n) is 6.73. The standard InChI is InChI=1S/2C17H14O4.C2H6/c2*1-9-6-7-13-15(20)12-5-3-4-11(8-14(18)19)17(12)21-16(13)10(9)2;1-2/h2*3-7H,8H2,1-2H3,(H,18,19);1-2H3/i2D3,3D,4D,5D,6D,7D,8D2;;. The fourth-order valence-corrected chi connectivity index (χ4v) is 4.45. The molecule has 0 spiro atoms. The monoisotopic (exact) mass is 604 g/mol. The minimum atomic E-state index is -3.32. The Morgan fingerprint density at radius 2 is 1.34 bits per heavy atom. The zero-order valence-electron chi connectivity index (χ0n) is 34.4. The van der Waals surface area contributed by atoms with Crippen LogP contribution in [0.1, 0.15) is 60.9 Å². The maximum absolute atomic E-state index is 13.2. The second kappa shape index (κ2) is 13.0. The molecule has 6 rings (SSSR count). The first kappa shape index (κ1) is 20.6. The maximum atomic E-state index is 13.2. The Morgan fingerprint density at radius 3 is 2.00 bits per heavy atom. The molecule has 0 bridgehead atoms. The second-order valence-corrected chi connectivity index (χ2v) is 9.45. The van der Waals surface area contributed by atoms with Gasteiger partial charge in [0.25, 0.3) is 0 Å². The SMILES string of the molecule is CC.Cc1ccc2c(=O)c3cccc(CC(=O)O)c3oc2c1C.[2H]c1c([2H])c([2H])c2c(=O)c3c([2H])c([2H])c(C)c(C([2H])([2H])[2H])c3oc2c1C([2H])([2H])C(=O)O. The van der Waals surface area contributed by atoms with E-state index in [1.54, 1.807) is 24.3 Å². The Morgan fingerprint density at radius 1 is 0.727 bits per heavy atom. The van der Waals surface area contributed by atoms with E-state index < -0.39 is 93.9 Å². The normalized spacial score (nSPS) is 14.7. The van der Waals surface area contributed by atoms with Crippen molar-refractivity contribution in [3.05, 3.63) is 114 Å². The van der Waals surface area contributed by atoms with E-state index in [2.05, 4.69) is 0 Å². The first-order valence-corrected chi connectivity index (χ1v) is 13.4. The topological polar surface area (TPSA) is 135 Å². The van der Waals surface area contributed by atoms with Crippen LogP contribution in [0.2, 0.25) is 0 Å². The van der Waals surface area contributed by atoms with Crippen LogP contribution in [-0.2, 0) is 22.4 Å². The number of para-hydroxylation sites is 2. The zero-order valence-corrected chi connectivity index (χ0v) is 24.4. The van der Waals surface area contributed by atoms with Crippen LogP contribution in [0.5, 0.6) is 0 Å². The number of carboxylic acid groups (broad SMARTS) is 2. The smallest absolute Gasteiger partial charge is 0.307 e. The first-order valence-electron chi connectivity index (χ1n) is 18.4. The highest BCUT2D eigenvalue weighted by Crippen LogP contribution is 2.27. The van der Waals surface area contributed by atoms with E-state index in [9.17, 15) is 24.3 Å². The molecule has 6 aromatic rings. The van der Waals surface area contributed by atoms with Crippen LogP contribution in [0, 0.1) is 27.6 Å². The molecule has 0 fully saturated rings. The van der Waals surface area contributed by atoms with Gasteiger partial charge < -0.3 is 19.0 Å². The third-order valence-corrected chi connectivity index (χ3v) is 6.73. The van der Waals surface area contributed by atoms with Gasteiger partial charge in [-0.05, 0) is 74.1 Å². The molecule has 0 unspecified atom stereocenters. The van der Waals surface area contributed by atoms with E-state index in [1.165, 1.54) is 6.92 Å². The molecular weight excluding hydrogens is 560 g/mol. The molecule has 0 radical (unpaired) electrons. The molecule has 2 heterocycles. The zero-order chi connectivity index (χ0) is 40.9. The van der Waals surface area contributed by atoms with Crippen LogP contribution >= 0.6 is 0 Å². The summed E-state index contributed by atoms with van der Waals surface area (Å²) in [5.74, 6) is -3.01. The number of aryl methyl sites for hydroxylation is 3. The number of fused-ring (bicyclic) bond motifs is 4. The molecule has 2 aromatic heterocycles. The number of rotatable bonds is 4. The second-order valence-electron chi connectivity index (χ2n) is 9.45. The summed E-state index contributed by atoms with van der Waals surface area (Å²) in [5.41, 5.74) is -1.34. The van der Waals surface area contributed by atoms with Crippen LogP contribution in [0.3, 0.4) is 0 Å². The predicted molar refractivity (Wildman–Crippen MR) is 173 cm³/mol. The Balaban J connectivity index is 0.000000245. The first-order chi connectivity index (χ1) is 25.0. The van der Waals surface area contributed by atoms with Crippen LogP contribution in [0.4, 0.5) is 0 Å². The van der Waals surface area contributed by atoms with Gasteiger partial charge in [-0.3, -0.25) is 19.2 Å². The summed E-state index contributed by atoms with van der Waals surface area (Å²) in [4.78, 5) is 48.3. The van der Waals surface area contributed by atoms with Crippen molar-refractivity contribution in [2.75, 3.05) is 0 Å². The Bertz CT molecular complexity index is 2660. The molecule has 0 saturated carbocycles. The molecule has 4 aromatic carbocycles. The van der Waals surface area contributed by atoms with Gasteiger partial charge in [0.05, 0.1) is 41.2 Å². The molecule has 0 aliphatic rings. The summed E-state index contributed by atoms with van der Waals surface area (Å²) in [6.45, 7) is 6.14. The van der Waals surface area contributed by atoms with E-state index in [0.717, 1.165) is 11.1 Å². The highest BCUT2D eigenvalue weighted by atomic mass is 16.4. The van der Waals surface area contributed by atoms with Gasteiger partial charge in [-0.1, -0.05) is 50.2 Å². The maximum Gasteiger partial charge on any atom is 0.307 e. The number of carboxylic acids is 2. The van der Waals surface area contributed by atoms with Gasteiger partial charge in [-0.15, -0.1) is 0 Å². The molecule has 226 valence electrons. The molecular formula is C36H34O8. The summed E-state index contributed by atoms with van der Waals surface area (Å²) in [6.07, 6.45) is -3.49. The van der Waals surface area contributed by atoms with E-state index in [0.29, 0.717) is 27.5 Å². The minimum Gasteiger partial charge on any atom is -0.481 e. The fourth-order valence-electron chi connectivity index (χ4n) is 4.45. The van der Waals surface area contributed by atoms with Crippen molar-refractivity contribution >= 4 is 55.8 Å². The highest BCUT2D eigenvalue weighted by molar-refractivity contribution is 5.95. The molecule has 2 N–H and O–H groups in total. The molecule has 0 amide bonds. The van der Waals surface area contributed by atoms with Gasteiger partial charge in [0, 0.05) is 18.0 Å². The molecule has 44 heavy (non-hydrogen) atoms. The Kier molecular flexibility index (Phi) is 6.07. The van der Waals surface area contributed by atoms with Crippen molar-refractivity contribution in [3.63, 3.8) is 0 Å². The van der Waals surface area contributed by atoms with Crippen molar-refractivity contribution < 1.29 is 42.3 Å². The van der Waals surface area contributed by atoms with Crippen molar-refractivity contribution in [1.82, 2.24) is 0 Å². The Hall–Kier alpha value is -5.24. The van der Waals surface area contributed by atoms with E-state index >= 15 is 0 Å². The van der Waals surface area contributed by atoms with Gasteiger partial charge in [-0.25, -0.2) is 0 Å². The van der Waals surface area contributed by atoms with Crippen molar-refractivity contribution in [3.8, 4) is 0 Å². The number of benzene rings is 4. The molecule has 0 aliphatic carbocycles. The number of hydrogen-bond donors (Lipinski definition) is 2. The third kappa shape index (κ3) is 5.97. The lowest BCUT2D eigenvalue weighted by Gasteiger charge is -2.08. The van der Waals surface area contributed by atoms with Crippen LogP contribution < -0.4 is 10.9 Å². The van der Waals surface area contributed by atoms with E-state index in [4.69, 9.17) is 27.6 Å². The molecule has 8 heteroatoms. The van der Waals surface area contributed by atoms with Gasteiger partial charge in [-0.2, -0.15) is 0 Å². The molecule has 0 saturated heterocycles. The average molecular weight is 605 g/mol. The van der Waals surface area contributed by atoms with Gasteiger partial charge in [0.1, 0.15) is 22.3 Å². The lowest BCUT2D eigenvalue weighted by molar-refractivity contribution is -0.137. The lowest BCUT2D eigenvalue weighted by atomic mass is 10.0. The molecule has 0 aliphatic heterocycles. The quantitative estimate of drug-likeness (QED) is 0.199. The summed E-state index contributed by atoms with van der Waals surface area (Å²) < 4.78 is 90.4. The number of carbonyl (C=O) groups is 2. The Labute approximate surface area is 267 Å². The number of aliphatic carboxylic acids is 2. The summed E-state index contributed by atoms with van der Waals surface area (Å²) >= 11 is 0. The fraction of sp³-hybridized carbons (Fsp3) is 0.222. The summed E-state index contributed by atoms with van der Waals surface area (Å²) in [5, 5.41) is 17.8. The number of hydrogen-bond acceptors (Lipinski definition) is 6. The van der Waals surface area contributed by atoms with Gasteiger partial charge >= 0.3 is 11.9 Å². The summed E-state index contributed by atoms with van der Waals surface area (Å²) in [7, 11) is 0. The van der Waals surface area contributed by atoms with Crippen LogP contribution in [-0.4, -0.2) is 22.2 Å².